The highest BCUT2D eigenvalue weighted by molar-refractivity contribution is 6.47. The Bertz CT molecular complexity index is 540. The number of hydrogen-bond acceptors (Lipinski definition) is 4. The van der Waals surface area contributed by atoms with Crippen molar-refractivity contribution in [1.29, 1.82) is 0 Å². The molecular weight excluding hydrogens is 315 g/mol. The Hall–Kier alpha value is -1.07. The van der Waals surface area contributed by atoms with Crippen molar-refractivity contribution >= 4 is 13.1 Å². The summed E-state index contributed by atoms with van der Waals surface area (Å²) in [6.07, 6.45) is 12.1. The van der Waals surface area contributed by atoms with Gasteiger partial charge in [0.1, 0.15) is 0 Å². The molecule has 138 valence electrons. The molecule has 2 aliphatic carbocycles. The van der Waals surface area contributed by atoms with Gasteiger partial charge >= 0.3 is 13.1 Å². The fraction of sp³-hybridized carbons (Fsp3) is 0.750. The Labute approximate surface area is 152 Å². The molecule has 0 amide bonds. The summed E-state index contributed by atoms with van der Waals surface area (Å²) in [5.41, 5.74) is 0.188. The van der Waals surface area contributed by atoms with Crippen LogP contribution in [-0.2, 0) is 18.8 Å². The third kappa shape index (κ3) is 4.20. The van der Waals surface area contributed by atoms with Crippen LogP contribution in [0.15, 0.2) is 23.8 Å². The van der Waals surface area contributed by atoms with E-state index in [9.17, 15) is 4.79 Å². The molecule has 1 saturated carbocycles. The second-order valence-electron chi connectivity index (χ2n) is 8.64. The first-order chi connectivity index (χ1) is 11.8. The molecule has 0 unspecified atom stereocenters. The molecule has 0 radical (unpaired) electrons. The number of ether oxygens (including phenoxy) is 1. The van der Waals surface area contributed by atoms with Crippen LogP contribution in [0.2, 0.25) is 5.82 Å². The highest BCUT2D eigenvalue weighted by Crippen LogP contribution is 2.44. The first-order valence-electron chi connectivity index (χ1n) is 9.68. The van der Waals surface area contributed by atoms with E-state index in [-0.39, 0.29) is 24.3 Å². The molecule has 5 heteroatoms. The predicted molar refractivity (Wildman–Crippen MR) is 99.2 cm³/mol. The Morgan fingerprint density at radius 1 is 1.12 bits per heavy atom. The lowest BCUT2D eigenvalue weighted by Gasteiger charge is -2.32. The third-order valence-electron chi connectivity index (χ3n) is 6.23. The Balaban J connectivity index is 1.43. The molecule has 1 heterocycles. The van der Waals surface area contributed by atoms with Gasteiger partial charge in [0.2, 0.25) is 0 Å². The molecule has 1 saturated heterocycles. The van der Waals surface area contributed by atoms with Crippen molar-refractivity contribution in [2.75, 3.05) is 6.61 Å². The van der Waals surface area contributed by atoms with Gasteiger partial charge in [0.15, 0.2) is 0 Å². The summed E-state index contributed by atoms with van der Waals surface area (Å²) in [6.45, 7) is 8.94. The number of carbonyl (C=O) groups excluding carboxylic acids is 1. The van der Waals surface area contributed by atoms with Crippen molar-refractivity contribution in [3.8, 4) is 0 Å². The molecule has 0 atom stereocenters. The number of hydrogen-bond donors (Lipinski definition) is 0. The van der Waals surface area contributed by atoms with Crippen LogP contribution in [0.1, 0.15) is 66.2 Å². The molecule has 1 aliphatic heterocycles. The van der Waals surface area contributed by atoms with E-state index in [1.165, 1.54) is 0 Å². The van der Waals surface area contributed by atoms with Crippen LogP contribution in [0.4, 0.5) is 0 Å². The summed E-state index contributed by atoms with van der Waals surface area (Å²) in [4.78, 5) is 12.1. The van der Waals surface area contributed by atoms with Gasteiger partial charge in [-0.15, -0.1) is 0 Å². The van der Waals surface area contributed by atoms with Crippen LogP contribution in [0.5, 0.6) is 0 Å². The van der Waals surface area contributed by atoms with Gasteiger partial charge in [-0.25, -0.2) is 4.79 Å². The molecule has 0 aromatic heterocycles. The smallest absolute Gasteiger partial charge is 0.461 e. The predicted octanol–water partition coefficient (Wildman–Crippen LogP) is 4.46. The maximum absolute atomic E-state index is 12.1. The zero-order valence-electron chi connectivity index (χ0n) is 16.0. The molecule has 0 bridgehead atoms. The van der Waals surface area contributed by atoms with Crippen molar-refractivity contribution in [2.45, 2.75) is 83.2 Å². The first kappa shape index (κ1) is 18.7. The minimum atomic E-state index is -0.259. The highest BCUT2D eigenvalue weighted by Gasteiger charge is 2.53. The summed E-state index contributed by atoms with van der Waals surface area (Å²) >= 11 is 0. The summed E-state index contributed by atoms with van der Waals surface area (Å²) in [5, 5.41) is 0. The number of esters is 1. The Kier molecular flexibility index (Phi) is 5.45. The molecule has 3 rings (SSSR count). The molecular formula is C20H31BO4. The van der Waals surface area contributed by atoms with Gasteiger partial charge < -0.3 is 14.0 Å². The summed E-state index contributed by atoms with van der Waals surface area (Å²) in [6, 6.07) is 0. The van der Waals surface area contributed by atoms with Crippen LogP contribution < -0.4 is 0 Å². The van der Waals surface area contributed by atoms with Crippen LogP contribution in [0.3, 0.4) is 0 Å². The van der Waals surface area contributed by atoms with Crippen LogP contribution in [-0.4, -0.2) is 30.9 Å². The van der Waals surface area contributed by atoms with E-state index in [0.29, 0.717) is 23.9 Å². The average molecular weight is 346 g/mol. The normalized spacial score (nSPS) is 30.9. The van der Waals surface area contributed by atoms with E-state index in [0.717, 1.165) is 38.5 Å². The second-order valence-corrected chi connectivity index (χ2v) is 8.64. The minimum absolute atomic E-state index is 0.106. The summed E-state index contributed by atoms with van der Waals surface area (Å²) in [5.74, 6) is 0.719. The van der Waals surface area contributed by atoms with E-state index < -0.39 is 0 Å². The van der Waals surface area contributed by atoms with Gasteiger partial charge in [-0.3, -0.25) is 0 Å². The van der Waals surface area contributed by atoms with Gasteiger partial charge in [0, 0.05) is 0 Å². The fourth-order valence-corrected chi connectivity index (χ4v) is 3.75. The molecule has 0 spiro atoms. The topological polar surface area (TPSA) is 44.8 Å². The number of carbonyl (C=O) groups is 1. The zero-order chi connectivity index (χ0) is 18.1. The maximum atomic E-state index is 12.1. The second kappa shape index (κ2) is 7.28. The van der Waals surface area contributed by atoms with E-state index in [1.54, 1.807) is 0 Å². The van der Waals surface area contributed by atoms with Gasteiger partial charge in [-0.2, -0.15) is 0 Å². The van der Waals surface area contributed by atoms with Crippen molar-refractivity contribution in [1.82, 2.24) is 0 Å². The van der Waals surface area contributed by atoms with E-state index in [1.807, 2.05) is 18.2 Å². The van der Waals surface area contributed by atoms with E-state index >= 15 is 0 Å². The quantitative estimate of drug-likeness (QED) is 0.557. The Morgan fingerprint density at radius 3 is 2.32 bits per heavy atom. The standard InChI is InChI=1S/C20H31BO4/c1-19(2)20(3,4)25-21(24-19)17-12-10-15(11-13-17)14-23-18(22)16-8-6-5-7-9-16/h6,8-9,15,17H,5,7,10-14H2,1-4H3. The van der Waals surface area contributed by atoms with Crippen molar-refractivity contribution < 1.29 is 18.8 Å². The zero-order valence-corrected chi connectivity index (χ0v) is 16.0. The molecule has 2 fully saturated rings. The van der Waals surface area contributed by atoms with Gasteiger partial charge in [-0.1, -0.05) is 31.1 Å². The average Bonchev–Trinajstić information content (AvgIpc) is 2.82. The van der Waals surface area contributed by atoms with Gasteiger partial charge in [0.25, 0.3) is 0 Å². The monoisotopic (exact) mass is 346 g/mol. The van der Waals surface area contributed by atoms with Crippen molar-refractivity contribution in [3.05, 3.63) is 23.8 Å². The van der Waals surface area contributed by atoms with E-state index in [2.05, 4.69) is 27.7 Å². The van der Waals surface area contributed by atoms with Gasteiger partial charge in [-0.05, 0) is 65.1 Å². The third-order valence-corrected chi connectivity index (χ3v) is 6.23. The van der Waals surface area contributed by atoms with Crippen LogP contribution in [0.25, 0.3) is 0 Å². The molecule has 0 aromatic rings. The Morgan fingerprint density at radius 2 is 1.76 bits per heavy atom. The SMILES string of the molecule is CC1(C)OB(C2CCC(COC(=O)C3=CCCC=C3)CC2)OC1(C)C. The van der Waals surface area contributed by atoms with E-state index in [4.69, 9.17) is 14.0 Å². The first-order valence-corrected chi connectivity index (χ1v) is 9.68. The molecule has 3 aliphatic rings. The fourth-order valence-electron chi connectivity index (χ4n) is 3.75. The molecule has 25 heavy (non-hydrogen) atoms. The van der Waals surface area contributed by atoms with Crippen molar-refractivity contribution in [2.24, 2.45) is 5.92 Å². The molecule has 0 N–H and O–H groups in total. The number of allylic oxidation sites excluding steroid dienone is 2. The lowest BCUT2D eigenvalue weighted by molar-refractivity contribution is -0.140. The number of rotatable bonds is 4. The van der Waals surface area contributed by atoms with Crippen LogP contribution in [0, 0.1) is 5.92 Å². The lowest BCUT2D eigenvalue weighted by atomic mass is 9.63. The molecule has 0 aromatic carbocycles. The largest absolute Gasteiger partial charge is 0.462 e. The van der Waals surface area contributed by atoms with Crippen LogP contribution >= 0.6 is 0 Å². The maximum Gasteiger partial charge on any atom is 0.461 e. The van der Waals surface area contributed by atoms with Crippen molar-refractivity contribution in [3.63, 3.8) is 0 Å². The molecule has 4 nitrogen and oxygen atoms in total. The van der Waals surface area contributed by atoms with Gasteiger partial charge in [0.05, 0.1) is 23.4 Å². The lowest BCUT2D eigenvalue weighted by Crippen LogP contribution is -2.41. The summed E-state index contributed by atoms with van der Waals surface area (Å²) in [7, 11) is -0.106. The minimum Gasteiger partial charge on any atom is -0.462 e. The summed E-state index contributed by atoms with van der Waals surface area (Å²) < 4.78 is 17.9. The highest BCUT2D eigenvalue weighted by atomic mass is 16.7.